The van der Waals surface area contributed by atoms with E-state index in [9.17, 15) is 33.3 Å². The SMILES string of the molecule is CCC[NH2+][C@@H]1C[C@@H]2c3cc4c(c(O)c3C(=O)N[C@H]2[C@H](O)[C@@H]1O)OCO4.O=C([O-])C(F)(F)F. The van der Waals surface area contributed by atoms with Crippen LogP contribution in [-0.4, -0.2) is 71.0 Å². The number of aliphatic carboxylic acids is 1. The molecule has 0 unspecified atom stereocenters. The minimum absolute atomic E-state index is 0.00422. The van der Waals surface area contributed by atoms with Crippen molar-refractivity contribution in [3.63, 3.8) is 0 Å². The van der Waals surface area contributed by atoms with Gasteiger partial charge in [-0.1, -0.05) is 6.92 Å². The number of benzene rings is 1. The second kappa shape index (κ2) is 9.00. The van der Waals surface area contributed by atoms with Gasteiger partial charge in [0.25, 0.3) is 5.91 Å². The molecule has 1 aromatic carbocycles. The zero-order valence-electron chi connectivity index (χ0n) is 16.9. The van der Waals surface area contributed by atoms with Crippen LogP contribution in [0.1, 0.15) is 41.6 Å². The van der Waals surface area contributed by atoms with E-state index in [1.54, 1.807) is 6.07 Å². The molecular formula is C19H23F3N2O8. The molecule has 0 aromatic heterocycles. The predicted octanol–water partition coefficient (Wildman–Crippen LogP) is -1.92. The number of halogens is 3. The standard InChI is InChI=1S/C17H22N2O6.C2HF3O2/c1-2-3-18-9-4-8-7-5-10-16(25-6-24-10)14(21)11(7)17(23)19-12(8)15(22)13(9)20;3-2(4,5)1(6)7/h5,8-9,12-13,15,18,20-22H,2-4,6H2,1H3,(H,19,23);(H,6,7)/t8-,9-,12-,13-,15+;/m1./s1. The van der Waals surface area contributed by atoms with Gasteiger partial charge in [0.2, 0.25) is 12.5 Å². The number of phenols is 1. The van der Waals surface area contributed by atoms with Crippen LogP contribution in [-0.2, 0) is 4.79 Å². The molecule has 0 spiro atoms. The summed E-state index contributed by atoms with van der Waals surface area (Å²) in [6.45, 7) is 2.90. The van der Waals surface area contributed by atoms with E-state index < -0.39 is 36.3 Å². The Morgan fingerprint density at radius 1 is 1.31 bits per heavy atom. The monoisotopic (exact) mass is 464 g/mol. The number of carboxylic acids is 1. The number of phenolic OH excluding ortho intramolecular Hbond substituents is 1. The zero-order chi connectivity index (χ0) is 23.8. The first-order chi connectivity index (χ1) is 15.0. The fraction of sp³-hybridized carbons (Fsp3) is 0.579. The van der Waals surface area contributed by atoms with Crippen LogP contribution in [0, 0.1) is 0 Å². The fourth-order valence-electron chi connectivity index (χ4n) is 4.20. The van der Waals surface area contributed by atoms with E-state index in [1.807, 2.05) is 5.32 Å². The van der Waals surface area contributed by atoms with Gasteiger partial charge < -0.3 is 45.3 Å². The molecule has 0 radical (unpaired) electrons. The first kappa shape index (κ1) is 23.9. The number of carboxylic acid groups (broad SMARTS) is 1. The van der Waals surface area contributed by atoms with Gasteiger partial charge in [-0.05, 0) is 18.1 Å². The van der Waals surface area contributed by atoms with E-state index in [2.05, 4.69) is 12.2 Å². The first-order valence-corrected chi connectivity index (χ1v) is 9.91. The minimum atomic E-state index is -5.19. The highest BCUT2D eigenvalue weighted by molar-refractivity contribution is 6.01. The van der Waals surface area contributed by atoms with Gasteiger partial charge >= 0.3 is 6.18 Å². The number of alkyl halides is 3. The number of nitrogens with one attached hydrogen (secondary N) is 1. The van der Waals surface area contributed by atoms with E-state index in [4.69, 9.17) is 19.4 Å². The number of ether oxygens (including phenoxy) is 2. The van der Waals surface area contributed by atoms with Gasteiger partial charge in [-0.25, -0.2) is 0 Å². The van der Waals surface area contributed by atoms with Gasteiger partial charge in [0.05, 0.1) is 18.2 Å². The number of rotatable bonds is 3. The fourth-order valence-corrected chi connectivity index (χ4v) is 4.20. The molecule has 6 N–H and O–H groups in total. The third-order valence-corrected chi connectivity index (χ3v) is 5.70. The lowest BCUT2D eigenvalue weighted by Gasteiger charge is -2.44. The number of aliphatic hydroxyl groups excluding tert-OH is 2. The molecule has 32 heavy (non-hydrogen) atoms. The van der Waals surface area contributed by atoms with Crippen LogP contribution in [0.3, 0.4) is 0 Å². The largest absolute Gasteiger partial charge is 0.542 e. The van der Waals surface area contributed by atoms with E-state index >= 15 is 0 Å². The van der Waals surface area contributed by atoms with Crippen molar-refractivity contribution < 1.29 is 58.0 Å². The van der Waals surface area contributed by atoms with E-state index in [-0.39, 0.29) is 35.8 Å². The van der Waals surface area contributed by atoms with Crippen LogP contribution in [0.25, 0.3) is 0 Å². The Balaban J connectivity index is 0.000000360. The molecule has 1 aromatic rings. The van der Waals surface area contributed by atoms with Gasteiger partial charge in [-0.2, -0.15) is 13.2 Å². The van der Waals surface area contributed by atoms with E-state index in [1.165, 1.54) is 0 Å². The Bertz CT molecular complexity index is 894. The van der Waals surface area contributed by atoms with Gasteiger partial charge in [-0.3, -0.25) is 4.79 Å². The molecule has 13 heteroatoms. The molecule has 0 bridgehead atoms. The first-order valence-electron chi connectivity index (χ1n) is 9.91. The summed E-state index contributed by atoms with van der Waals surface area (Å²) in [7, 11) is 0. The molecule has 4 rings (SSSR count). The number of hydrogen-bond donors (Lipinski definition) is 5. The molecular weight excluding hydrogens is 441 g/mol. The highest BCUT2D eigenvalue weighted by atomic mass is 19.4. The summed E-state index contributed by atoms with van der Waals surface area (Å²) in [5, 5.41) is 45.0. The van der Waals surface area contributed by atoms with Crippen molar-refractivity contribution in [2.24, 2.45) is 0 Å². The second-order valence-electron chi connectivity index (χ2n) is 7.72. The highest BCUT2D eigenvalue weighted by Gasteiger charge is 2.50. The van der Waals surface area contributed by atoms with Gasteiger partial charge in [0, 0.05) is 12.3 Å². The third-order valence-electron chi connectivity index (χ3n) is 5.70. The Kier molecular flexibility index (Phi) is 6.72. The number of carbonyl (C=O) groups is 2. The molecule has 1 saturated carbocycles. The summed E-state index contributed by atoms with van der Waals surface area (Å²) >= 11 is 0. The Hall–Kier alpha value is -2.77. The van der Waals surface area contributed by atoms with Crippen molar-refractivity contribution in [3.8, 4) is 17.2 Å². The maximum atomic E-state index is 12.5. The van der Waals surface area contributed by atoms with Crippen molar-refractivity contribution in [3.05, 3.63) is 17.2 Å². The van der Waals surface area contributed by atoms with Crippen LogP contribution in [0.15, 0.2) is 6.07 Å². The van der Waals surface area contributed by atoms with Crippen molar-refractivity contribution in [2.45, 2.75) is 56.2 Å². The van der Waals surface area contributed by atoms with Crippen LogP contribution in [0.4, 0.5) is 13.2 Å². The molecule has 0 saturated heterocycles. The molecule has 3 aliphatic rings. The summed E-state index contributed by atoms with van der Waals surface area (Å²) in [4.78, 5) is 21.3. The highest BCUT2D eigenvalue weighted by Crippen LogP contribution is 2.49. The maximum Gasteiger partial charge on any atom is 0.430 e. The predicted molar refractivity (Wildman–Crippen MR) is 96.8 cm³/mol. The van der Waals surface area contributed by atoms with Crippen molar-refractivity contribution in [1.82, 2.24) is 5.32 Å². The van der Waals surface area contributed by atoms with Crippen LogP contribution < -0.4 is 25.2 Å². The summed E-state index contributed by atoms with van der Waals surface area (Å²) < 4.78 is 42.2. The van der Waals surface area contributed by atoms with Gasteiger partial charge in [0.1, 0.15) is 24.2 Å². The topological polar surface area (TPSA) is 165 Å². The summed E-state index contributed by atoms with van der Waals surface area (Å²) in [6, 6.07) is 0.947. The lowest BCUT2D eigenvalue weighted by atomic mass is 9.71. The number of aliphatic hydroxyl groups is 2. The maximum absolute atomic E-state index is 12.5. The van der Waals surface area contributed by atoms with E-state index in [0.717, 1.165) is 13.0 Å². The number of fused-ring (bicyclic) bond motifs is 4. The molecule has 178 valence electrons. The van der Waals surface area contributed by atoms with Crippen LogP contribution in [0.2, 0.25) is 0 Å². The summed E-state index contributed by atoms with van der Waals surface area (Å²) in [6.07, 6.45) is -5.64. The number of nitrogens with two attached hydrogens (primary N) is 1. The third kappa shape index (κ3) is 4.40. The molecule has 1 aliphatic carbocycles. The van der Waals surface area contributed by atoms with Crippen molar-refractivity contribution >= 4 is 11.9 Å². The van der Waals surface area contributed by atoms with Crippen LogP contribution >= 0.6 is 0 Å². The summed E-state index contributed by atoms with van der Waals surface area (Å²) in [5.41, 5.74) is 0.805. The normalized spacial score (nSPS) is 28.1. The van der Waals surface area contributed by atoms with Crippen LogP contribution in [0.5, 0.6) is 17.2 Å². The number of hydrogen-bond acceptors (Lipinski definition) is 8. The number of aromatic hydroxyl groups is 1. The van der Waals surface area contributed by atoms with Gasteiger partial charge in [-0.15, -0.1) is 0 Å². The van der Waals surface area contributed by atoms with E-state index in [0.29, 0.717) is 17.7 Å². The molecule has 1 fully saturated rings. The molecule has 5 atom stereocenters. The molecule has 10 nitrogen and oxygen atoms in total. The zero-order valence-corrected chi connectivity index (χ0v) is 16.9. The van der Waals surface area contributed by atoms with Crippen molar-refractivity contribution in [2.75, 3.05) is 13.3 Å². The lowest BCUT2D eigenvalue weighted by Crippen LogP contribution is -2.94. The minimum Gasteiger partial charge on any atom is -0.542 e. The quantitative estimate of drug-likeness (QED) is 0.346. The van der Waals surface area contributed by atoms with Gasteiger partial charge in [0.15, 0.2) is 11.5 Å². The number of quaternary nitrogens is 1. The molecule has 2 heterocycles. The lowest BCUT2D eigenvalue weighted by molar-refractivity contribution is -0.700. The van der Waals surface area contributed by atoms with Crippen molar-refractivity contribution in [1.29, 1.82) is 0 Å². The summed E-state index contributed by atoms with van der Waals surface area (Å²) in [5.74, 6) is -3.35. The molecule has 2 aliphatic heterocycles. The average molecular weight is 464 g/mol. The second-order valence-corrected chi connectivity index (χ2v) is 7.72. The Labute approximate surface area is 179 Å². The Morgan fingerprint density at radius 2 is 1.97 bits per heavy atom. The number of amides is 1. The average Bonchev–Trinajstić information content (AvgIpc) is 3.19. The molecule has 1 amide bonds. The number of carbonyl (C=O) groups excluding carboxylic acids is 2. The Morgan fingerprint density at radius 3 is 2.56 bits per heavy atom. The smallest absolute Gasteiger partial charge is 0.430 e.